The van der Waals surface area contributed by atoms with E-state index in [1.165, 1.54) is 38.5 Å². The SMILES string of the molecule is CCCCCCCCCCC(=O)N[C@H]1CCC1=O. The predicted molar refractivity (Wildman–Crippen MR) is 73.4 cm³/mol. The van der Waals surface area contributed by atoms with Crippen LogP contribution < -0.4 is 5.32 Å². The summed E-state index contributed by atoms with van der Waals surface area (Å²) in [5.41, 5.74) is 0. The topological polar surface area (TPSA) is 46.2 Å². The Balaban J connectivity index is 1.85. The quantitative estimate of drug-likeness (QED) is 0.607. The van der Waals surface area contributed by atoms with Crippen LogP contribution in [0.15, 0.2) is 0 Å². The van der Waals surface area contributed by atoms with Crippen molar-refractivity contribution in [2.45, 2.75) is 83.6 Å². The molecule has 1 atom stereocenters. The highest BCUT2D eigenvalue weighted by atomic mass is 16.2. The predicted octanol–water partition coefficient (Wildman–Crippen LogP) is 3.36. The zero-order valence-corrected chi connectivity index (χ0v) is 11.7. The molecule has 0 spiro atoms. The Labute approximate surface area is 111 Å². The van der Waals surface area contributed by atoms with Crippen molar-refractivity contribution in [1.82, 2.24) is 5.32 Å². The molecule has 1 rings (SSSR count). The molecular weight excluding hydrogens is 226 g/mol. The average molecular weight is 253 g/mol. The minimum absolute atomic E-state index is 0.0547. The maximum atomic E-state index is 11.5. The van der Waals surface area contributed by atoms with Gasteiger partial charge in [-0.3, -0.25) is 9.59 Å². The van der Waals surface area contributed by atoms with Crippen LogP contribution in [0, 0.1) is 0 Å². The van der Waals surface area contributed by atoms with Crippen LogP contribution >= 0.6 is 0 Å². The second kappa shape index (κ2) is 9.12. The van der Waals surface area contributed by atoms with E-state index in [1.807, 2.05) is 0 Å². The van der Waals surface area contributed by atoms with Crippen molar-refractivity contribution < 1.29 is 9.59 Å². The summed E-state index contributed by atoms with van der Waals surface area (Å²) in [5.74, 6) is 0.248. The van der Waals surface area contributed by atoms with Crippen LogP contribution in [-0.2, 0) is 9.59 Å². The summed E-state index contributed by atoms with van der Waals surface area (Å²) in [6, 6.07) is -0.161. The molecule has 1 aliphatic carbocycles. The van der Waals surface area contributed by atoms with Crippen LogP contribution in [0.1, 0.15) is 77.6 Å². The van der Waals surface area contributed by atoms with Gasteiger partial charge in [-0.2, -0.15) is 0 Å². The molecule has 0 aromatic heterocycles. The van der Waals surface area contributed by atoms with Crippen molar-refractivity contribution in [3.8, 4) is 0 Å². The lowest BCUT2D eigenvalue weighted by Crippen LogP contribution is -2.47. The number of carbonyl (C=O) groups excluding carboxylic acids is 2. The van der Waals surface area contributed by atoms with E-state index in [2.05, 4.69) is 12.2 Å². The van der Waals surface area contributed by atoms with Crippen LogP contribution in [0.5, 0.6) is 0 Å². The van der Waals surface area contributed by atoms with E-state index in [0.717, 1.165) is 19.3 Å². The molecule has 1 fully saturated rings. The van der Waals surface area contributed by atoms with Crippen LogP contribution in [0.25, 0.3) is 0 Å². The monoisotopic (exact) mass is 253 g/mol. The molecule has 0 aromatic carbocycles. The highest BCUT2D eigenvalue weighted by Gasteiger charge is 2.28. The molecular formula is C15H27NO2. The van der Waals surface area contributed by atoms with E-state index in [9.17, 15) is 9.59 Å². The normalized spacial score (nSPS) is 18.5. The second-order valence-electron chi connectivity index (χ2n) is 5.35. The molecule has 18 heavy (non-hydrogen) atoms. The maximum Gasteiger partial charge on any atom is 0.220 e. The lowest BCUT2D eigenvalue weighted by molar-refractivity contribution is -0.132. The molecule has 3 nitrogen and oxygen atoms in total. The molecule has 1 saturated carbocycles. The second-order valence-corrected chi connectivity index (χ2v) is 5.35. The molecule has 3 heteroatoms. The van der Waals surface area contributed by atoms with Crippen LogP contribution in [-0.4, -0.2) is 17.7 Å². The molecule has 104 valence electrons. The van der Waals surface area contributed by atoms with Crippen molar-refractivity contribution >= 4 is 11.7 Å². The number of amides is 1. The number of hydrogen-bond acceptors (Lipinski definition) is 2. The number of hydrogen-bond donors (Lipinski definition) is 1. The molecule has 0 saturated heterocycles. The van der Waals surface area contributed by atoms with Crippen molar-refractivity contribution in [3.05, 3.63) is 0 Å². The molecule has 0 aromatic rings. The zero-order chi connectivity index (χ0) is 13.2. The van der Waals surface area contributed by atoms with E-state index in [0.29, 0.717) is 12.8 Å². The molecule has 0 radical (unpaired) electrons. The highest BCUT2D eigenvalue weighted by molar-refractivity contribution is 5.93. The molecule has 0 heterocycles. The smallest absolute Gasteiger partial charge is 0.220 e. The van der Waals surface area contributed by atoms with Crippen LogP contribution in [0.4, 0.5) is 0 Å². The average Bonchev–Trinajstić information content (AvgIpc) is 2.37. The third-order valence-electron chi connectivity index (χ3n) is 3.66. The van der Waals surface area contributed by atoms with Gasteiger partial charge >= 0.3 is 0 Å². The summed E-state index contributed by atoms with van der Waals surface area (Å²) in [7, 11) is 0. The van der Waals surface area contributed by atoms with Crippen molar-refractivity contribution in [2.24, 2.45) is 0 Å². The first-order chi connectivity index (χ1) is 8.74. The van der Waals surface area contributed by atoms with Gasteiger partial charge in [-0.25, -0.2) is 0 Å². The van der Waals surface area contributed by atoms with Gasteiger partial charge in [-0.05, 0) is 12.8 Å². The van der Waals surface area contributed by atoms with Gasteiger partial charge in [0.05, 0.1) is 6.04 Å². The zero-order valence-electron chi connectivity index (χ0n) is 11.7. The minimum atomic E-state index is -0.161. The summed E-state index contributed by atoms with van der Waals surface area (Å²) in [6.45, 7) is 2.23. The standard InChI is InChI=1S/C15H27NO2/c1-2-3-4-5-6-7-8-9-10-15(18)16-13-11-12-14(13)17/h13H,2-12H2,1H3,(H,16,18)/t13-/m0/s1. The fourth-order valence-corrected chi connectivity index (χ4v) is 2.25. The largest absolute Gasteiger partial charge is 0.346 e. The van der Waals surface area contributed by atoms with Crippen LogP contribution in [0.2, 0.25) is 0 Å². The summed E-state index contributed by atoms with van der Waals surface area (Å²) < 4.78 is 0. The number of unbranched alkanes of at least 4 members (excludes halogenated alkanes) is 7. The van der Waals surface area contributed by atoms with Gasteiger partial charge < -0.3 is 5.32 Å². The Morgan fingerprint density at radius 1 is 1.11 bits per heavy atom. The fourth-order valence-electron chi connectivity index (χ4n) is 2.25. The lowest BCUT2D eigenvalue weighted by Gasteiger charge is -2.24. The summed E-state index contributed by atoms with van der Waals surface area (Å²) >= 11 is 0. The molecule has 1 aliphatic rings. The third-order valence-corrected chi connectivity index (χ3v) is 3.66. The minimum Gasteiger partial charge on any atom is -0.346 e. The maximum absolute atomic E-state index is 11.5. The fraction of sp³-hybridized carbons (Fsp3) is 0.867. The van der Waals surface area contributed by atoms with Gasteiger partial charge in [-0.15, -0.1) is 0 Å². The van der Waals surface area contributed by atoms with Crippen LogP contribution in [0.3, 0.4) is 0 Å². The Kier molecular flexibility index (Phi) is 7.70. The van der Waals surface area contributed by atoms with Gasteiger partial charge in [0.1, 0.15) is 0 Å². The summed E-state index contributed by atoms with van der Waals surface area (Å²) in [6.07, 6.45) is 12.0. The number of nitrogens with one attached hydrogen (secondary N) is 1. The Morgan fingerprint density at radius 2 is 1.72 bits per heavy atom. The molecule has 0 aliphatic heterocycles. The molecule has 0 bridgehead atoms. The number of carbonyl (C=O) groups is 2. The van der Waals surface area contributed by atoms with Crippen molar-refractivity contribution in [1.29, 1.82) is 0 Å². The molecule has 1 N–H and O–H groups in total. The van der Waals surface area contributed by atoms with E-state index in [-0.39, 0.29) is 17.7 Å². The van der Waals surface area contributed by atoms with Gasteiger partial charge in [0.25, 0.3) is 0 Å². The Bertz CT molecular complexity index is 263. The molecule has 1 amide bonds. The third kappa shape index (κ3) is 6.18. The van der Waals surface area contributed by atoms with Crippen molar-refractivity contribution in [3.63, 3.8) is 0 Å². The van der Waals surface area contributed by atoms with Gasteiger partial charge in [0.2, 0.25) is 5.91 Å². The summed E-state index contributed by atoms with van der Waals surface area (Å²) in [5, 5.41) is 2.80. The Hall–Kier alpha value is -0.860. The van der Waals surface area contributed by atoms with Crippen molar-refractivity contribution in [2.75, 3.05) is 0 Å². The van der Waals surface area contributed by atoms with E-state index in [1.54, 1.807) is 0 Å². The first-order valence-corrected chi connectivity index (χ1v) is 7.56. The van der Waals surface area contributed by atoms with E-state index < -0.39 is 0 Å². The first kappa shape index (κ1) is 15.2. The van der Waals surface area contributed by atoms with E-state index in [4.69, 9.17) is 0 Å². The number of ketones is 1. The first-order valence-electron chi connectivity index (χ1n) is 7.56. The van der Waals surface area contributed by atoms with E-state index >= 15 is 0 Å². The Morgan fingerprint density at radius 3 is 2.22 bits per heavy atom. The summed E-state index contributed by atoms with van der Waals surface area (Å²) in [4.78, 5) is 22.6. The van der Waals surface area contributed by atoms with Gasteiger partial charge in [0.15, 0.2) is 5.78 Å². The molecule has 0 unspecified atom stereocenters. The number of rotatable bonds is 10. The van der Waals surface area contributed by atoms with Gasteiger partial charge in [-0.1, -0.05) is 51.9 Å². The number of Topliss-reactive ketones (excluding diaryl/α,β-unsaturated/α-hetero) is 1. The van der Waals surface area contributed by atoms with Gasteiger partial charge in [0, 0.05) is 12.8 Å². The highest BCUT2D eigenvalue weighted by Crippen LogP contribution is 2.14. The lowest BCUT2D eigenvalue weighted by atomic mass is 9.91.